The van der Waals surface area contributed by atoms with Crippen LogP contribution in [0, 0.1) is 0 Å². The lowest BCUT2D eigenvalue weighted by Crippen LogP contribution is -2.00. The molecular formula is C11H7BrCl3N3. The van der Waals surface area contributed by atoms with Gasteiger partial charge in [-0.3, -0.25) is 0 Å². The van der Waals surface area contributed by atoms with Crippen molar-refractivity contribution in [3.8, 4) is 11.4 Å². The topological polar surface area (TPSA) is 30.7 Å². The Morgan fingerprint density at radius 1 is 1.44 bits per heavy atom. The van der Waals surface area contributed by atoms with E-state index in [4.69, 9.17) is 34.8 Å². The molecule has 0 aliphatic rings. The number of hydrogen-bond donors (Lipinski definition) is 0. The number of allylic oxidation sites excluding steroid dienone is 1. The van der Waals surface area contributed by atoms with Gasteiger partial charge < -0.3 is 4.57 Å². The van der Waals surface area contributed by atoms with Crippen LogP contribution < -0.4 is 0 Å². The van der Waals surface area contributed by atoms with Gasteiger partial charge in [-0.2, -0.15) is 0 Å². The molecule has 3 nitrogen and oxygen atoms in total. The fourth-order valence-electron chi connectivity index (χ4n) is 1.46. The third kappa shape index (κ3) is 3.06. The molecule has 0 aliphatic heterocycles. The molecule has 0 unspecified atom stereocenters. The summed E-state index contributed by atoms with van der Waals surface area (Å²) < 4.78 is 2.67. The van der Waals surface area contributed by atoms with Crippen molar-refractivity contribution in [2.45, 2.75) is 6.54 Å². The predicted molar refractivity (Wildman–Crippen MR) is 78.0 cm³/mol. The first kappa shape index (κ1) is 13.9. The van der Waals surface area contributed by atoms with Gasteiger partial charge in [-0.25, -0.2) is 9.97 Å². The quantitative estimate of drug-likeness (QED) is 0.738. The lowest BCUT2D eigenvalue weighted by atomic mass is 10.2. The third-order valence-electron chi connectivity index (χ3n) is 2.20. The standard InChI is InChI=1S/C11H7BrCl3N3/c12-7-3-9(10(15)17-5-7)11-16-1-2-18(11)6-8(14)4-13/h1-5H,6H2/b8-4-. The van der Waals surface area contributed by atoms with E-state index in [1.54, 1.807) is 18.6 Å². The van der Waals surface area contributed by atoms with Crippen molar-refractivity contribution in [1.29, 1.82) is 0 Å². The van der Waals surface area contributed by atoms with Gasteiger partial charge in [0.2, 0.25) is 0 Å². The fourth-order valence-corrected chi connectivity index (χ4v) is 2.17. The Morgan fingerprint density at radius 2 is 2.22 bits per heavy atom. The van der Waals surface area contributed by atoms with Gasteiger partial charge in [0, 0.05) is 33.6 Å². The van der Waals surface area contributed by atoms with Gasteiger partial charge in [0.05, 0.1) is 12.1 Å². The van der Waals surface area contributed by atoms with Crippen molar-refractivity contribution in [2.24, 2.45) is 0 Å². The highest BCUT2D eigenvalue weighted by Crippen LogP contribution is 2.28. The van der Waals surface area contributed by atoms with Crippen molar-refractivity contribution in [3.05, 3.63) is 44.9 Å². The van der Waals surface area contributed by atoms with E-state index in [0.29, 0.717) is 22.6 Å². The minimum absolute atomic E-state index is 0.386. The van der Waals surface area contributed by atoms with Crippen LogP contribution in [0.15, 0.2) is 39.7 Å². The third-order valence-corrected chi connectivity index (χ3v) is 3.54. The molecule has 0 spiro atoms. The van der Waals surface area contributed by atoms with Gasteiger partial charge in [0.1, 0.15) is 11.0 Å². The lowest BCUT2D eigenvalue weighted by Gasteiger charge is -2.08. The molecule has 2 aromatic rings. The van der Waals surface area contributed by atoms with Crippen LogP contribution in [0.2, 0.25) is 5.15 Å². The van der Waals surface area contributed by atoms with E-state index in [2.05, 4.69) is 25.9 Å². The van der Waals surface area contributed by atoms with Gasteiger partial charge in [-0.15, -0.1) is 0 Å². The van der Waals surface area contributed by atoms with E-state index in [1.807, 2.05) is 10.6 Å². The molecule has 0 aromatic carbocycles. The second-order valence-electron chi connectivity index (χ2n) is 3.43. The second-order valence-corrected chi connectivity index (χ2v) is 5.40. The second kappa shape index (κ2) is 6.06. The minimum Gasteiger partial charge on any atom is -0.326 e. The van der Waals surface area contributed by atoms with Crippen molar-refractivity contribution >= 4 is 50.7 Å². The highest BCUT2D eigenvalue weighted by atomic mass is 79.9. The molecule has 0 fully saturated rings. The molecule has 0 N–H and O–H groups in total. The first-order valence-corrected chi connectivity index (χ1v) is 6.87. The Labute approximate surface area is 128 Å². The Balaban J connectivity index is 2.45. The van der Waals surface area contributed by atoms with E-state index in [0.717, 1.165) is 10.0 Å². The summed E-state index contributed by atoms with van der Waals surface area (Å²) in [6.07, 6.45) is 5.10. The number of pyridine rings is 1. The van der Waals surface area contributed by atoms with Crippen molar-refractivity contribution in [3.63, 3.8) is 0 Å². The number of halogens is 4. The molecule has 0 saturated carbocycles. The molecular weight excluding hydrogens is 360 g/mol. The van der Waals surface area contributed by atoms with Crippen LogP contribution in [0.3, 0.4) is 0 Å². The first-order chi connectivity index (χ1) is 8.61. The Bertz CT molecular complexity index is 595. The van der Waals surface area contributed by atoms with E-state index in [9.17, 15) is 0 Å². The molecule has 18 heavy (non-hydrogen) atoms. The molecule has 0 saturated heterocycles. The van der Waals surface area contributed by atoms with E-state index < -0.39 is 0 Å². The summed E-state index contributed by atoms with van der Waals surface area (Å²) in [6, 6.07) is 1.85. The van der Waals surface area contributed by atoms with Gasteiger partial charge in [0.15, 0.2) is 0 Å². The molecule has 2 rings (SSSR count). The summed E-state index contributed by atoms with van der Waals surface area (Å²) in [7, 11) is 0. The van der Waals surface area contributed by atoms with Crippen LogP contribution in [-0.2, 0) is 6.54 Å². The van der Waals surface area contributed by atoms with Crippen molar-refractivity contribution in [1.82, 2.24) is 14.5 Å². The average Bonchev–Trinajstić information content (AvgIpc) is 2.80. The van der Waals surface area contributed by atoms with Gasteiger partial charge in [0.25, 0.3) is 0 Å². The zero-order chi connectivity index (χ0) is 13.1. The first-order valence-electron chi connectivity index (χ1n) is 4.89. The van der Waals surface area contributed by atoms with Crippen LogP contribution >= 0.6 is 50.7 Å². The fraction of sp³-hybridized carbons (Fsp3) is 0.0909. The molecule has 7 heteroatoms. The molecule has 0 bridgehead atoms. The van der Waals surface area contributed by atoms with Gasteiger partial charge in [-0.1, -0.05) is 34.8 Å². The maximum Gasteiger partial charge on any atom is 0.143 e. The lowest BCUT2D eigenvalue weighted by molar-refractivity contribution is 0.820. The maximum absolute atomic E-state index is 6.07. The number of rotatable bonds is 3. The Kier molecular flexibility index (Phi) is 4.67. The molecule has 2 aromatic heterocycles. The molecule has 0 atom stereocenters. The molecule has 2 heterocycles. The summed E-state index contributed by atoms with van der Waals surface area (Å²) in [6.45, 7) is 0.434. The maximum atomic E-state index is 6.07. The zero-order valence-electron chi connectivity index (χ0n) is 8.95. The molecule has 0 amide bonds. The van der Waals surface area contributed by atoms with Crippen molar-refractivity contribution < 1.29 is 0 Å². The number of imidazole rings is 1. The monoisotopic (exact) mass is 365 g/mol. The Hall–Kier alpha value is -0.550. The van der Waals surface area contributed by atoms with Crippen LogP contribution in [0.1, 0.15) is 0 Å². The molecule has 94 valence electrons. The number of aromatic nitrogens is 3. The minimum atomic E-state index is 0.386. The summed E-state index contributed by atoms with van der Waals surface area (Å²) in [5, 5.41) is 0.895. The average molecular weight is 367 g/mol. The highest BCUT2D eigenvalue weighted by Gasteiger charge is 2.12. The number of nitrogens with zero attached hydrogens (tertiary/aromatic N) is 3. The normalized spacial score (nSPS) is 11.9. The number of hydrogen-bond acceptors (Lipinski definition) is 2. The molecule has 0 radical (unpaired) electrons. The van der Waals surface area contributed by atoms with E-state index in [1.165, 1.54) is 5.54 Å². The molecule has 0 aliphatic carbocycles. The van der Waals surface area contributed by atoms with Gasteiger partial charge in [-0.05, 0) is 22.0 Å². The summed E-state index contributed by atoms with van der Waals surface area (Å²) in [4.78, 5) is 8.33. The summed E-state index contributed by atoms with van der Waals surface area (Å²) >= 11 is 20.9. The SMILES string of the molecule is Cl/C=C(\Cl)Cn1ccnc1-c1cc(Br)cnc1Cl. The van der Waals surface area contributed by atoms with Crippen LogP contribution in [0.4, 0.5) is 0 Å². The summed E-state index contributed by atoms with van der Waals surface area (Å²) in [5.74, 6) is 0.686. The smallest absolute Gasteiger partial charge is 0.143 e. The van der Waals surface area contributed by atoms with E-state index in [-0.39, 0.29) is 0 Å². The summed E-state index contributed by atoms with van der Waals surface area (Å²) in [5.41, 5.74) is 2.06. The van der Waals surface area contributed by atoms with E-state index >= 15 is 0 Å². The van der Waals surface area contributed by atoms with Crippen LogP contribution in [0.25, 0.3) is 11.4 Å². The highest BCUT2D eigenvalue weighted by molar-refractivity contribution is 9.10. The van der Waals surface area contributed by atoms with Crippen LogP contribution in [-0.4, -0.2) is 14.5 Å². The zero-order valence-corrected chi connectivity index (χ0v) is 12.8. The van der Waals surface area contributed by atoms with Crippen LogP contribution in [0.5, 0.6) is 0 Å². The largest absolute Gasteiger partial charge is 0.326 e. The Morgan fingerprint density at radius 3 is 2.94 bits per heavy atom. The predicted octanol–water partition coefficient (Wildman–Crippen LogP) is 4.68. The van der Waals surface area contributed by atoms with Crippen molar-refractivity contribution in [2.75, 3.05) is 0 Å². The van der Waals surface area contributed by atoms with Gasteiger partial charge >= 0.3 is 0 Å².